The number of imidazole rings is 1. The second kappa shape index (κ2) is 7.67. The second-order valence-electron chi connectivity index (χ2n) is 4.56. The van der Waals surface area contributed by atoms with Crippen molar-refractivity contribution < 1.29 is 4.79 Å². The molecule has 6 heteroatoms. The molecule has 1 unspecified atom stereocenters. The third-order valence-electron chi connectivity index (χ3n) is 2.91. The van der Waals surface area contributed by atoms with Crippen molar-refractivity contribution in [1.82, 2.24) is 14.9 Å². The smallest absolute Gasteiger partial charge is 0.234 e. The number of nitrogens with zero attached hydrogens (tertiary/aromatic N) is 2. The summed E-state index contributed by atoms with van der Waals surface area (Å²) in [7, 11) is 1.90. The van der Waals surface area contributed by atoms with Crippen LogP contribution in [0.25, 0.3) is 0 Å². The van der Waals surface area contributed by atoms with Gasteiger partial charge in [0, 0.05) is 26.2 Å². The van der Waals surface area contributed by atoms with Crippen molar-refractivity contribution in [3.8, 4) is 0 Å². The summed E-state index contributed by atoms with van der Waals surface area (Å²) in [5.74, 6) is -0.360. The standard InChI is InChI=1S/C14H18N4O.ClH/c1-18-9-12(17-10-18)7-13(14(15)19)16-8-11-5-3-2-4-6-11;/h2-6,9-10,13,16H,7-8H2,1H3,(H2,15,19);1H. The molecule has 0 bridgehead atoms. The lowest BCUT2D eigenvalue weighted by Gasteiger charge is -2.14. The van der Waals surface area contributed by atoms with E-state index in [1.54, 1.807) is 6.33 Å². The summed E-state index contributed by atoms with van der Waals surface area (Å²) < 4.78 is 1.85. The van der Waals surface area contributed by atoms with E-state index in [-0.39, 0.29) is 18.3 Å². The van der Waals surface area contributed by atoms with Gasteiger partial charge in [0.05, 0.1) is 18.1 Å². The fourth-order valence-corrected chi connectivity index (χ4v) is 1.89. The topological polar surface area (TPSA) is 72.9 Å². The zero-order valence-corrected chi connectivity index (χ0v) is 12.1. The summed E-state index contributed by atoms with van der Waals surface area (Å²) in [6.07, 6.45) is 4.10. The zero-order valence-electron chi connectivity index (χ0n) is 11.3. The number of carbonyl (C=O) groups excluding carboxylic acids is 1. The van der Waals surface area contributed by atoms with Crippen molar-refractivity contribution in [2.75, 3.05) is 0 Å². The number of aromatic nitrogens is 2. The van der Waals surface area contributed by atoms with Crippen LogP contribution in [0.5, 0.6) is 0 Å². The Bertz CT molecular complexity index is 541. The number of amides is 1. The monoisotopic (exact) mass is 294 g/mol. The number of aryl methyl sites for hydroxylation is 1. The third kappa shape index (κ3) is 4.68. The van der Waals surface area contributed by atoms with Crippen LogP contribution in [0.1, 0.15) is 11.3 Å². The fraction of sp³-hybridized carbons (Fsp3) is 0.286. The second-order valence-corrected chi connectivity index (χ2v) is 4.56. The Kier molecular flexibility index (Phi) is 6.21. The zero-order chi connectivity index (χ0) is 13.7. The van der Waals surface area contributed by atoms with Crippen LogP contribution in [0.4, 0.5) is 0 Å². The Balaban J connectivity index is 0.00000200. The number of hydrogen-bond donors (Lipinski definition) is 2. The molecular weight excluding hydrogens is 276 g/mol. The normalized spacial score (nSPS) is 11.7. The van der Waals surface area contributed by atoms with Gasteiger partial charge in [0.25, 0.3) is 0 Å². The maximum absolute atomic E-state index is 11.5. The number of nitrogens with one attached hydrogen (secondary N) is 1. The largest absolute Gasteiger partial charge is 0.368 e. The molecule has 0 aliphatic rings. The first-order chi connectivity index (χ1) is 9.15. The first-order valence-electron chi connectivity index (χ1n) is 6.18. The molecule has 1 aromatic carbocycles. The van der Waals surface area contributed by atoms with E-state index < -0.39 is 6.04 Å². The molecule has 3 N–H and O–H groups in total. The molecule has 1 heterocycles. The molecule has 0 aliphatic heterocycles. The van der Waals surface area contributed by atoms with Crippen LogP contribution in [-0.4, -0.2) is 21.5 Å². The summed E-state index contributed by atoms with van der Waals surface area (Å²) in [5.41, 5.74) is 7.39. The van der Waals surface area contributed by atoms with E-state index in [1.807, 2.05) is 48.1 Å². The van der Waals surface area contributed by atoms with Crippen LogP contribution in [0.3, 0.4) is 0 Å². The number of halogens is 1. The van der Waals surface area contributed by atoms with Gasteiger partial charge in [0.1, 0.15) is 0 Å². The molecule has 2 aromatic rings. The maximum atomic E-state index is 11.5. The van der Waals surface area contributed by atoms with Crippen LogP contribution in [0.2, 0.25) is 0 Å². The quantitative estimate of drug-likeness (QED) is 0.836. The molecule has 1 amide bonds. The molecular formula is C14H19ClN4O. The van der Waals surface area contributed by atoms with Crippen LogP contribution >= 0.6 is 12.4 Å². The first-order valence-corrected chi connectivity index (χ1v) is 6.18. The summed E-state index contributed by atoms with van der Waals surface area (Å²) in [6, 6.07) is 9.50. The lowest BCUT2D eigenvalue weighted by atomic mass is 10.1. The van der Waals surface area contributed by atoms with Gasteiger partial charge in [-0.1, -0.05) is 30.3 Å². The number of nitrogens with two attached hydrogens (primary N) is 1. The van der Waals surface area contributed by atoms with E-state index in [1.165, 1.54) is 0 Å². The lowest BCUT2D eigenvalue weighted by Crippen LogP contribution is -2.42. The average Bonchev–Trinajstić information content (AvgIpc) is 2.81. The molecule has 0 saturated carbocycles. The van der Waals surface area contributed by atoms with Gasteiger partial charge in [-0.25, -0.2) is 4.98 Å². The summed E-state index contributed by atoms with van der Waals surface area (Å²) in [4.78, 5) is 15.7. The molecule has 1 aromatic heterocycles. The molecule has 108 valence electrons. The summed E-state index contributed by atoms with van der Waals surface area (Å²) in [6.45, 7) is 0.612. The van der Waals surface area contributed by atoms with Gasteiger partial charge in [-0.05, 0) is 5.56 Å². The number of rotatable bonds is 6. The molecule has 0 aliphatic carbocycles. The van der Waals surface area contributed by atoms with Gasteiger partial charge in [-0.2, -0.15) is 0 Å². The van der Waals surface area contributed by atoms with Crippen molar-refractivity contribution in [2.45, 2.75) is 19.0 Å². The predicted octanol–water partition coefficient (Wildman–Crippen LogP) is 1.03. The molecule has 5 nitrogen and oxygen atoms in total. The van der Waals surface area contributed by atoms with Gasteiger partial charge in [-0.3, -0.25) is 4.79 Å². The fourth-order valence-electron chi connectivity index (χ4n) is 1.89. The summed E-state index contributed by atoms with van der Waals surface area (Å²) >= 11 is 0. The minimum absolute atomic E-state index is 0. The highest BCUT2D eigenvalue weighted by molar-refractivity contribution is 5.85. The number of benzene rings is 1. The Morgan fingerprint density at radius 3 is 2.65 bits per heavy atom. The third-order valence-corrected chi connectivity index (χ3v) is 2.91. The number of hydrogen-bond acceptors (Lipinski definition) is 3. The average molecular weight is 295 g/mol. The number of carbonyl (C=O) groups is 1. The van der Waals surface area contributed by atoms with Crippen molar-refractivity contribution >= 4 is 18.3 Å². The van der Waals surface area contributed by atoms with Gasteiger partial charge in [-0.15, -0.1) is 12.4 Å². The van der Waals surface area contributed by atoms with Gasteiger partial charge in [0.2, 0.25) is 5.91 Å². The molecule has 0 spiro atoms. The molecule has 1 atom stereocenters. The Morgan fingerprint density at radius 2 is 2.10 bits per heavy atom. The molecule has 0 radical (unpaired) electrons. The molecule has 20 heavy (non-hydrogen) atoms. The van der Waals surface area contributed by atoms with E-state index in [9.17, 15) is 4.79 Å². The molecule has 0 saturated heterocycles. The lowest BCUT2D eigenvalue weighted by molar-refractivity contribution is -0.120. The highest BCUT2D eigenvalue weighted by Crippen LogP contribution is 2.03. The van der Waals surface area contributed by atoms with Crippen LogP contribution in [-0.2, 0) is 24.8 Å². The Hall–Kier alpha value is -1.85. The first kappa shape index (κ1) is 16.2. The molecule has 2 rings (SSSR count). The van der Waals surface area contributed by atoms with E-state index >= 15 is 0 Å². The van der Waals surface area contributed by atoms with Crippen LogP contribution < -0.4 is 11.1 Å². The number of primary amides is 1. The van der Waals surface area contributed by atoms with Gasteiger partial charge >= 0.3 is 0 Å². The van der Waals surface area contributed by atoms with Gasteiger partial charge in [0.15, 0.2) is 0 Å². The maximum Gasteiger partial charge on any atom is 0.234 e. The van der Waals surface area contributed by atoms with E-state index in [4.69, 9.17) is 5.73 Å². The Labute approximate surface area is 124 Å². The van der Waals surface area contributed by atoms with E-state index in [0.29, 0.717) is 13.0 Å². The van der Waals surface area contributed by atoms with E-state index in [0.717, 1.165) is 11.3 Å². The highest BCUT2D eigenvalue weighted by atomic mass is 35.5. The van der Waals surface area contributed by atoms with Crippen LogP contribution in [0, 0.1) is 0 Å². The van der Waals surface area contributed by atoms with Crippen molar-refractivity contribution in [3.05, 3.63) is 54.1 Å². The van der Waals surface area contributed by atoms with Crippen LogP contribution in [0.15, 0.2) is 42.9 Å². The van der Waals surface area contributed by atoms with Gasteiger partial charge < -0.3 is 15.6 Å². The van der Waals surface area contributed by atoms with Crippen molar-refractivity contribution in [2.24, 2.45) is 12.8 Å². The Morgan fingerprint density at radius 1 is 1.40 bits per heavy atom. The predicted molar refractivity (Wildman–Crippen MR) is 80.4 cm³/mol. The summed E-state index contributed by atoms with van der Waals surface area (Å²) in [5, 5.41) is 3.17. The highest BCUT2D eigenvalue weighted by Gasteiger charge is 2.16. The van der Waals surface area contributed by atoms with Crippen molar-refractivity contribution in [1.29, 1.82) is 0 Å². The molecule has 0 fully saturated rings. The SMILES string of the molecule is Cl.Cn1cnc(CC(NCc2ccccc2)C(N)=O)c1. The van der Waals surface area contributed by atoms with E-state index in [2.05, 4.69) is 10.3 Å². The minimum atomic E-state index is -0.407. The van der Waals surface area contributed by atoms with Crippen molar-refractivity contribution in [3.63, 3.8) is 0 Å². The minimum Gasteiger partial charge on any atom is -0.368 e.